The highest BCUT2D eigenvalue weighted by molar-refractivity contribution is 5.80. The summed E-state index contributed by atoms with van der Waals surface area (Å²) >= 11 is 0. The monoisotopic (exact) mass is 373 g/mol. The summed E-state index contributed by atoms with van der Waals surface area (Å²) in [5.41, 5.74) is 2.45. The molecule has 3 heterocycles. The maximum absolute atomic E-state index is 5.99. The Morgan fingerprint density at radius 2 is 1.89 bits per heavy atom. The van der Waals surface area contributed by atoms with Gasteiger partial charge in [0.2, 0.25) is 0 Å². The number of hydrogen-bond donors (Lipinski definition) is 2. The zero-order valence-corrected chi connectivity index (χ0v) is 16.2. The van der Waals surface area contributed by atoms with E-state index in [1.165, 1.54) is 17.5 Å². The Balaban J connectivity index is 1.20. The maximum Gasteiger partial charge on any atom is 0.191 e. The summed E-state index contributed by atoms with van der Waals surface area (Å²) in [6.07, 6.45) is 6.60. The van der Waals surface area contributed by atoms with E-state index in [9.17, 15) is 0 Å². The quantitative estimate of drug-likeness (QED) is 0.592. The zero-order valence-electron chi connectivity index (χ0n) is 16.2. The fraction of sp³-hybridized carbons (Fsp3) is 0.667. The lowest BCUT2D eigenvalue weighted by Crippen LogP contribution is -2.47. The normalized spacial score (nSPS) is 28.5. The number of fused-ring (bicyclic) bond motifs is 2. The lowest BCUT2D eigenvalue weighted by atomic mass is 9.96. The number of guanidine groups is 1. The van der Waals surface area contributed by atoms with Gasteiger partial charge in [0.05, 0.1) is 31.0 Å². The lowest BCUT2D eigenvalue weighted by molar-refractivity contribution is -0.0390. The second-order valence-corrected chi connectivity index (χ2v) is 7.73. The van der Waals surface area contributed by atoms with Gasteiger partial charge in [0.1, 0.15) is 0 Å². The molecule has 0 radical (unpaired) electrons. The van der Waals surface area contributed by atoms with Crippen molar-refractivity contribution in [2.24, 2.45) is 4.99 Å². The van der Waals surface area contributed by atoms with E-state index in [0.29, 0.717) is 31.0 Å². The standard InChI is InChI=1S/C21H31N3O3/c1-22-21(24-19-12-18-6-7-20(19)27-18)23-13-15-2-4-16(5-3-15)14-26-17-8-10-25-11-9-17/h2-5,17-20H,6-14H2,1H3,(H2,22,23,24). The minimum absolute atomic E-state index is 0.337. The van der Waals surface area contributed by atoms with E-state index in [0.717, 1.165) is 51.4 Å². The van der Waals surface area contributed by atoms with Crippen LogP contribution in [0.25, 0.3) is 0 Å². The van der Waals surface area contributed by atoms with Crippen molar-refractivity contribution in [3.63, 3.8) is 0 Å². The molecular weight excluding hydrogens is 342 g/mol. The molecule has 2 bridgehead atoms. The van der Waals surface area contributed by atoms with E-state index in [1.807, 2.05) is 7.05 Å². The molecular formula is C21H31N3O3. The summed E-state index contributed by atoms with van der Waals surface area (Å²) in [6, 6.07) is 9.00. The van der Waals surface area contributed by atoms with E-state index in [4.69, 9.17) is 14.2 Å². The van der Waals surface area contributed by atoms with Crippen LogP contribution >= 0.6 is 0 Å². The predicted molar refractivity (Wildman–Crippen MR) is 105 cm³/mol. The average Bonchev–Trinajstić information content (AvgIpc) is 3.34. The molecule has 4 rings (SSSR count). The molecule has 3 aliphatic heterocycles. The van der Waals surface area contributed by atoms with Gasteiger partial charge < -0.3 is 24.8 Å². The van der Waals surface area contributed by atoms with Crippen LogP contribution in [0.2, 0.25) is 0 Å². The SMILES string of the molecule is CN=C(NCc1ccc(COC2CCOCC2)cc1)NC1CC2CCC1O2. The van der Waals surface area contributed by atoms with Crippen LogP contribution in [-0.4, -0.2) is 50.6 Å². The molecule has 2 N–H and O–H groups in total. The molecule has 3 aliphatic rings. The van der Waals surface area contributed by atoms with Crippen molar-refractivity contribution in [1.29, 1.82) is 0 Å². The Morgan fingerprint density at radius 1 is 1.11 bits per heavy atom. The summed E-state index contributed by atoms with van der Waals surface area (Å²) in [7, 11) is 1.82. The van der Waals surface area contributed by atoms with Gasteiger partial charge in [-0.3, -0.25) is 4.99 Å². The van der Waals surface area contributed by atoms with Crippen molar-refractivity contribution in [3.8, 4) is 0 Å². The molecule has 0 aromatic heterocycles. The number of rotatable bonds is 6. The van der Waals surface area contributed by atoms with Gasteiger partial charge in [0.15, 0.2) is 5.96 Å². The molecule has 0 amide bonds. The van der Waals surface area contributed by atoms with Crippen LogP contribution in [0.15, 0.2) is 29.3 Å². The van der Waals surface area contributed by atoms with Gasteiger partial charge in [-0.15, -0.1) is 0 Å². The molecule has 1 aromatic rings. The third kappa shape index (κ3) is 5.00. The van der Waals surface area contributed by atoms with Gasteiger partial charge in [0, 0.05) is 26.8 Å². The molecule has 148 valence electrons. The topological polar surface area (TPSA) is 64.1 Å². The van der Waals surface area contributed by atoms with E-state index < -0.39 is 0 Å². The van der Waals surface area contributed by atoms with E-state index in [2.05, 4.69) is 39.9 Å². The minimum atomic E-state index is 0.337. The molecule has 0 saturated carbocycles. The van der Waals surface area contributed by atoms with Crippen molar-refractivity contribution in [3.05, 3.63) is 35.4 Å². The van der Waals surface area contributed by atoms with Crippen LogP contribution < -0.4 is 10.6 Å². The third-order valence-corrected chi connectivity index (χ3v) is 5.79. The Kier molecular flexibility index (Phi) is 6.27. The lowest BCUT2D eigenvalue weighted by Gasteiger charge is -2.23. The molecule has 0 spiro atoms. The number of nitrogens with zero attached hydrogens (tertiary/aromatic N) is 1. The summed E-state index contributed by atoms with van der Waals surface area (Å²) in [5, 5.41) is 6.93. The first-order valence-corrected chi connectivity index (χ1v) is 10.2. The summed E-state index contributed by atoms with van der Waals surface area (Å²) in [4.78, 5) is 4.36. The zero-order chi connectivity index (χ0) is 18.5. The van der Waals surface area contributed by atoms with Crippen LogP contribution in [-0.2, 0) is 27.4 Å². The molecule has 3 saturated heterocycles. The molecule has 3 unspecified atom stereocenters. The van der Waals surface area contributed by atoms with Crippen LogP contribution in [0, 0.1) is 0 Å². The van der Waals surface area contributed by atoms with E-state index >= 15 is 0 Å². The van der Waals surface area contributed by atoms with Crippen molar-refractivity contribution in [2.75, 3.05) is 20.3 Å². The number of benzene rings is 1. The summed E-state index contributed by atoms with van der Waals surface area (Å²) in [5.74, 6) is 0.850. The van der Waals surface area contributed by atoms with Gasteiger partial charge >= 0.3 is 0 Å². The second-order valence-electron chi connectivity index (χ2n) is 7.73. The fourth-order valence-electron chi connectivity index (χ4n) is 4.16. The third-order valence-electron chi connectivity index (χ3n) is 5.79. The molecule has 3 fully saturated rings. The number of nitrogens with one attached hydrogen (secondary N) is 2. The smallest absolute Gasteiger partial charge is 0.191 e. The largest absolute Gasteiger partial charge is 0.381 e. The summed E-state index contributed by atoms with van der Waals surface area (Å²) < 4.78 is 17.3. The Hall–Kier alpha value is -1.63. The van der Waals surface area contributed by atoms with Crippen LogP contribution in [0.4, 0.5) is 0 Å². The molecule has 3 atom stereocenters. The number of aliphatic imine (C=N–C) groups is 1. The number of ether oxygens (including phenoxy) is 3. The first-order valence-electron chi connectivity index (χ1n) is 10.2. The molecule has 0 aliphatic carbocycles. The van der Waals surface area contributed by atoms with Crippen LogP contribution in [0.3, 0.4) is 0 Å². The van der Waals surface area contributed by atoms with Crippen molar-refractivity contribution >= 4 is 5.96 Å². The molecule has 1 aromatic carbocycles. The first-order chi connectivity index (χ1) is 13.3. The maximum atomic E-state index is 5.99. The van der Waals surface area contributed by atoms with Gasteiger partial charge in [-0.2, -0.15) is 0 Å². The summed E-state index contributed by atoms with van der Waals surface area (Å²) in [6.45, 7) is 3.06. The molecule has 6 heteroatoms. The molecule has 27 heavy (non-hydrogen) atoms. The Morgan fingerprint density at radius 3 is 2.56 bits per heavy atom. The van der Waals surface area contributed by atoms with Gasteiger partial charge in [0.25, 0.3) is 0 Å². The fourth-order valence-corrected chi connectivity index (χ4v) is 4.16. The molecule has 6 nitrogen and oxygen atoms in total. The van der Waals surface area contributed by atoms with Crippen molar-refractivity contribution < 1.29 is 14.2 Å². The van der Waals surface area contributed by atoms with Gasteiger partial charge in [-0.05, 0) is 43.2 Å². The van der Waals surface area contributed by atoms with E-state index in [1.54, 1.807) is 0 Å². The minimum Gasteiger partial charge on any atom is -0.381 e. The van der Waals surface area contributed by atoms with Gasteiger partial charge in [-0.1, -0.05) is 24.3 Å². The first kappa shape index (κ1) is 18.7. The van der Waals surface area contributed by atoms with Crippen molar-refractivity contribution in [2.45, 2.75) is 69.6 Å². The Bertz CT molecular complexity index is 628. The van der Waals surface area contributed by atoms with Crippen molar-refractivity contribution in [1.82, 2.24) is 10.6 Å². The number of hydrogen-bond acceptors (Lipinski definition) is 4. The van der Waals surface area contributed by atoms with Crippen LogP contribution in [0.5, 0.6) is 0 Å². The predicted octanol–water partition coefficient (Wildman–Crippen LogP) is 2.37. The second kappa shape index (κ2) is 9.04. The average molecular weight is 373 g/mol. The highest BCUT2D eigenvalue weighted by atomic mass is 16.5. The van der Waals surface area contributed by atoms with E-state index in [-0.39, 0.29) is 0 Å². The van der Waals surface area contributed by atoms with Gasteiger partial charge in [-0.25, -0.2) is 0 Å². The Labute approximate surface area is 161 Å². The highest BCUT2D eigenvalue weighted by Crippen LogP contribution is 2.34. The highest BCUT2D eigenvalue weighted by Gasteiger charge is 2.41. The van der Waals surface area contributed by atoms with Crippen LogP contribution in [0.1, 0.15) is 43.2 Å².